The topological polar surface area (TPSA) is 41.6 Å². The maximum Gasteiger partial charge on any atom is 0.262 e. The molecule has 2 heterocycles. The predicted molar refractivity (Wildman–Crippen MR) is 102 cm³/mol. The number of amides is 1. The van der Waals surface area contributed by atoms with Crippen LogP contribution in [0.15, 0.2) is 60.0 Å². The van der Waals surface area contributed by atoms with Crippen LogP contribution in [0.1, 0.15) is 21.4 Å². The number of thiophene rings is 1. The molecule has 25 heavy (non-hydrogen) atoms. The number of rotatable bonds is 3. The van der Waals surface area contributed by atoms with Gasteiger partial charge in [-0.2, -0.15) is 0 Å². The van der Waals surface area contributed by atoms with Gasteiger partial charge in [0.15, 0.2) is 0 Å². The number of methoxy groups -OCH3 is 1. The summed E-state index contributed by atoms with van der Waals surface area (Å²) in [6.45, 7) is 0. The van der Waals surface area contributed by atoms with Crippen LogP contribution >= 0.6 is 22.9 Å². The van der Waals surface area contributed by atoms with Crippen LogP contribution in [0.4, 0.5) is 11.4 Å². The summed E-state index contributed by atoms with van der Waals surface area (Å²) in [5.41, 5.74) is 2.19. The first-order valence-electron chi connectivity index (χ1n) is 7.75. The summed E-state index contributed by atoms with van der Waals surface area (Å²) >= 11 is 7.89. The molecule has 0 radical (unpaired) electrons. The zero-order valence-electron chi connectivity index (χ0n) is 13.4. The second-order valence-electron chi connectivity index (χ2n) is 5.60. The van der Waals surface area contributed by atoms with Gasteiger partial charge in [-0.1, -0.05) is 29.8 Å². The molecule has 0 saturated carbocycles. The lowest BCUT2D eigenvalue weighted by atomic mass is 10.1. The van der Waals surface area contributed by atoms with Crippen molar-refractivity contribution in [3.63, 3.8) is 0 Å². The summed E-state index contributed by atoms with van der Waals surface area (Å²) in [4.78, 5) is 16.0. The number of carbonyl (C=O) groups excluding carboxylic acids is 1. The van der Waals surface area contributed by atoms with Gasteiger partial charge in [-0.3, -0.25) is 9.69 Å². The third-order valence-corrected chi connectivity index (χ3v) is 5.37. The first kappa shape index (κ1) is 16.0. The Balaban J connectivity index is 1.85. The molecule has 1 N–H and O–H groups in total. The van der Waals surface area contributed by atoms with E-state index in [1.165, 1.54) is 0 Å². The molecule has 126 valence electrons. The summed E-state index contributed by atoms with van der Waals surface area (Å²) in [5, 5.41) is 5.94. The minimum atomic E-state index is -0.285. The highest BCUT2D eigenvalue weighted by molar-refractivity contribution is 7.10. The van der Waals surface area contributed by atoms with Crippen molar-refractivity contribution in [3.8, 4) is 5.75 Å². The van der Waals surface area contributed by atoms with E-state index >= 15 is 0 Å². The smallest absolute Gasteiger partial charge is 0.262 e. The number of para-hydroxylation sites is 1. The van der Waals surface area contributed by atoms with Gasteiger partial charge < -0.3 is 10.1 Å². The summed E-state index contributed by atoms with van der Waals surface area (Å²) in [6.07, 6.45) is -0.285. The van der Waals surface area contributed by atoms with E-state index in [4.69, 9.17) is 16.3 Å². The van der Waals surface area contributed by atoms with Crippen molar-refractivity contribution in [3.05, 3.63) is 75.4 Å². The molecule has 0 bridgehead atoms. The van der Waals surface area contributed by atoms with Gasteiger partial charge in [-0.05, 0) is 41.8 Å². The normalized spacial score (nSPS) is 16.3. The molecule has 3 aromatic rings. The largest absolute Gasteiger partial charge is 0.495 e. The monoisotopic (exact) mass is 370 g/mol. The lowest BCUT2D eigenvalue weighted by Crippen LogP contribution is -2.42. The SMILES string of the molecule is COc1ccc(N2C(=O)c3ccccc3NC2c2cccs2)cc1Cl. The van der Waals surface area contributed by atoms with Crippen molar-refractivity contribution in [2.75, 3.05) is 17.3 Å². The number of anilines is 2. The van der Waals surface area contributed by atoms with E-state index in [0.29, 0.717) is 16.3 Å². The molecular weight excluding hydrogens is 356 g/mol. The fourth-order valence-corrected chi connectivity index (χ4v) is 3.99. The Labute approximate surface area is 154 Å². The molecule has 0 spiro atoms. The highest BCUT2D eigenvalue weighted by atomic mass is 35.5. The van der Waals surface area contributed by atoms with Gasteiger partial charge in [0.25, 0.3) is 5.91 Å². The molecule has 0 saturated heterocycles. The summed E-state index contributed by atoms with van der Waals surface area (Å²) < 4.78 is 5.22. The second kappa shape index (κ2) is 6.43. The van der Waals surface area contributed by atoms with Crippen LogP contribution in [0.3, 0.4) is 0 Å². The van der Waals surface area contributed by atoms with Crippen molar-refractivity contribution < 1.29 is 9.53 Å². The first-order chi connectivity index (χ1) is 12.2. The quantitative estimate of drug-likeness (QED) is 0.690. The van der Waals surface area contributed by atoms with Crippen LogP contribution < -0.4 is 15.0 Å². The number of hydrogen-bond donors (Lipinski definition) is 1. The lowest BCUT2D eigenvalue weighted by molar-refractivity contribution is 0.0975. The Morgan fingerprint density at radius 3 is 2.72 bits per heavy atom. The number of fused-ring (bicyclic) bond motifs is 1. The fraction of sp³-hybridized carbons (Fsp3) is 0.105. The number of halogens is 1. The van der Waals surface area contributed by atoms with Crippen molar-refractivity contribution >= 4 is 40.2 Å². The number of benzene rings is 2. The van der Waals surface area contributed by atoms with Gasteiger partial charge in [-0.15, -0.1) is 11.3 Å². The molecule has 1 unspecified atom stereocenters. The van der Waals surface area contributed by atoms with E-state index < -0.39 is 0 Å². The van der Waals surface area contributed by atoms with Crippen LogP contribution in [0, 0.1) is 0 Å². The average Bonchev–Trinajstić information content (AvgIpc) is 3.16. The standard InChI is InChI=1S/C19H15ClN2O2S/c1-24-16-9-8-12(11-14(16)20)22-18(17-7-4-10-25-17)21-15-6-3-2-5-13(15)19(22)23/h2-11,18,21H,1H3. The molecule has 2 aromatic carbocycles. The maximum atomic E-state index is 13.2. The first-order valence-corrected chi connectivity index (χ1v) is 9.01. The van der Waals surface area contributed by atoms with Gasteiger partial charge in [0, 0.05) is 16.3 Å². The number of hydrogen-bond acceptors (Lipinski definition) is 4. The van der Waals surface area contributed by atoms with Gasteiger partial charge >= 0.3 is 0 Å². The summed E-state index contributed by atoms with van der Waals surface area (Å²) in [5.74, 6) is 0.518. The maximum absolute atomic E-state index is 13.2. The number of nitrogens with zero attached hydrogens (tertiary/aromatic N) is 1. The predicted octanol–water partition coefficient (Wildman–Crippen LogP) is 5.18. The van der Waals surface area contributed by atoms with E-state index in [1.54, 1.807) is 35.5 Å². The van der Waals surface area contributed by atoms with Crippen LogP contribution in [0.25, 0.3) is 0 Å². The Morgan fingerprint density at radius 1 is 1.16 bits per heavy atom. The molecule has 1 atom stereocenters. The highest BCUT2D eigenvalue weighted by Gasteiger charge is 2.34. The van der Waals surface area contributed by atoms with Gasteiger partial charge in [0.2, 0.25) is 0 Å². The van der Waals surface area contributed by atoms with Crippen LogP contribution in [0.2, 0.25) is 5.02 Å². The average molecular weight is 371 g/mol. The van der Waals surface area contributed by atoms with Crippen molar-refractivity contribution in [2.45, 2.75) is 6.17 Å². The molecule has 1 aliphatic heterocycles. The molecule has 0 fully saturated rings. The zero-order valence-corrected chi connectivity index (χ0v) is 15.0. The third kappa shape index (κ3) is 2.75. The molecule has 4 nitrogen and oxygen atoms in total. The molecule has 1 amide bonds. The van der Waals surface area contributed by atoms with E-state index in [2.05, 4.69) is 5.32 Å². The summed E-state index contributed by atoms with van der Waals surface area (Å²) in [7, 11) is 1.57. The van der Waals surface area contributed by atoms with Crippen molar-refractivity contribution in [1.82, 2.24) is 0 Å². The second-order valence-corrected chi connectivity index (χ2v) is 6.99. The molecule has 4 rings (SSSR count). The lowest BCUT2D eigenvalue weighted by Gasteiger charge is -2.37. The van der Waals surface area contributed by atoms with Crippen molar-refractivity contribution in [2.24, 2.45) is 0 Å². The van der Waals surface area contributed by atoms with Gasteiger partial charge in [0.05, 0.1) is 17.7 Å². The Hall–Kier alpha value is -2.50. The minimum absolute atomic E-state index is 0.0611. The van der Waals surface area contributed by atoms with Gasteiger partial charge in [-0.25, -0.2) is 0 Å². The zero-order chi connectivity index (χ0) is 17.4. The Morgan fingerprint density at radius 2 is 2.00 bits per heavy atom. The fourth-order valence-electron chi connectivity index (χ4n) is 2.97. The van der Waals surface area contributed by atoms with Crippen LogP contribution in [-0.4, -0.2) is 13.0 Å². The molecule has 0 aliphatic carbocycles. The molecular formula is C19H15ClN2O2S. The minimum Gasteiger partial charge on any atom is -0.495 e. The van der Waals surface area contributed by atoms with Crippen molar-refractivity contribution in [1.29, 1.82) is 0 Å². The summed E-state index contributed by atoms with van der Waals surface area (Å²) in [6, 6.07) is 16.9. The van der Waals surface area contributed by atoms with E-state index in [0.717, 1.165) is 16.3 Å². The van der Waals surface area contributed by atoms with Crippen LogP contribution in [-0.2, 0) is 0 Å². The number of carbonyl (C=O) groups is 1. The van der Waals surface area contributed by atoms with E-state index in [-0.39, 0.29) is 12.1 Å². The highest BCUT2D eigenvalue weighted by Crippen LogP contribution is 2.39. The van der Waals surface area contributed by atoms with Gasteiger partial charge in [0.1, 0.15) is 11.9 Å². The van der Waals surface area contributed by atoms with E-state index in [1.807, 2.05) is 47.8 Å². The number of ether oxygens (including phenoxy) is 1. The van der Waals surface area contributed by atoms with Crippen LogP contribution in [0.5, 0.6) is 5.75 Å². The molecule has 1 aliphatic rings. The Bertz CT molecular complexity index is 927. The number of nitrogens with one attached hydrogen (secondary N) is 1. The Kier molecular flexibility index (Phi) is 4.11. The molecule has 1 aromatic heterocycles. The molecule has 6 heteroatoms. The van der Waals surface area contributed by atoms with E-state index in [9.17, 15) is 4.79 Å². The third-order valence-electron chi connectivity index (χ3n) is 4.15.